The lowest BCUT2D eigenvalue weighted by Gasteiger charge is -2.26. The van der Waals surface area contributed by atoms with Gasteiger partial charge in [-0.2, -0.15) is 0 Å². The summed E-state index contributed by atoms with van der Waals surface area (Å²) in [6.45, 7) is 0. The van der Waals surface area contributed by atoms with Crippen LogP contribution in [0.2, 0.25) is 0 Å². The first-order chi connectivity index (χ1) is 25.8. The molecule has 3 heterocycles. The number of hydrogen-bond acceptors (Lipinski definition) is 4. The maximum Gasteiger partial charge on any atom is 0.159 e. The molecule has 11 aromatic rings. The zero-order valence-electron chi connectivity index (χ0n) is 27.9. The van der Waals surface area contributed by atoms with Gasteiger partial charge in [0.2, 0.25) is 0 Å². The molecule has 0 atom stereocenters. The van der Waals surface area contributed by atoms with E-state index in [0.29, 0.717) is 0 Å². The number of benzene rings is 8. The first kappa shape index (κ1) is 29.1. The Balaban J connectivity index is 1.14. The Hall–Kier alpha value is -6.62. The van der Waals surface area contributed by atoms with Gasteiger partial charge >= 0.3 is 0 Å². The Morgan fingerprint density at radius 3 is 1.60 bits per heavy atom. The number of anilines is 3. The molecule has 3 aromatic heterocycles. The summed E-state index contributed by atoms with van der Waals surface area (Å²) < 4.78 is 15.6. The van der Waals surface area contributed by atoms with Crippen molar-refractivity contribution in [2.24, 2.45) is 0 Å². The average Bonchev–Trinajstić information content (AvgIpc) is 3.91. The van der Waals surface area contributed by atoms with Crippen LogP contribution in [0, 0.1) is 0 Å². The molecule has 0 saturated heterocycles. The Labute approximate surface area is 303 Å². The standard InChI is InChI=1S/C48H29NO2S/c1-2-12-30(13-3-1)34-17-9-20-39-40-21-11-23-42(48(40)52-47(34)39)49(41-22-10-19-38-36-15-5-7-25-44(36)51-46(38)41)32-28-26-31(27-29-32)33-16-8-18-37-35-14-4-6-24-43(35)50-45(33)37/h1-29H. The van der Waals surface area contributed by atoms with Crippen LogP contribution >= 0.6 is 11.3 Å². The van der Waals surface area contributed by atoms with Crippen LogP contribution in [0.25, 0.3) is 86.3 Å². The minimum atomic E-state index is 0.864. The predicted octanol–water partition coefficient (Wildman–Crippen LogP) is 14.7. The van der Waals surface area contributed by atoms with E-state index < -0.39 is 0 Å². The zero-order chi connectivity index (χ0) is 34.2. The fourth-order valence-corrected chi connectivity index (χ4v) is 9.25. The highest BCUT2D eigenvalue weighted by atomic mass is 32.1. The second kappa shape index (κ2) is 11.5. The predicted molar refractivity (Wildman–Crippen MR) is 219 cm³/mol. The second-order valence-corrected chi connectivity index (χ2v) is 14.2. The maximum absolute atomic E-state index is 6.67. The molecule has 0 unspecified atom stereocenters. The van der Waals surface area contributed by atoms with Crippen molar-refractivity contribution < 1.29 is 8.83 Å². The average molecular weight is 684 g/mol. The number of furan rings is 2. The van der Waals surface area contributed by atoms with Gasteiger partial charge in [0.15, 0.2) is 5.58 Å². The molecular weight excluding hydrogens is 655 g/mol. The van der Waals surface area contributed by atoms with E-state index in [-0.39, 0.29) is 0 Å². The van der Waals surface area contributed by atoms with Crippen LogP contribution in [0.4, 0.5) is 17.1 Å². The lowest BCUT2D eigenvalue weighted by atomic mass is 10.0. The highest BCUT2D eigenvalue weighted by molar-refractivity contribution is 7.27. The third-order valence-electron chi connectivity index (χ3n) is 10.3. The SMILES string of the molecule is c1ccc(-c2cccc3c2sc2c(N(c4ccc(-c5cccc6c5oc5ccccc56)cc4)c4cccc5c4oc4ccccc45)cccc23)cc1. The van der Waals surface area contributed by atoms with Crippen LogP contribution in [-0.2, 0) is 0 Å². The topological polar surface area (TPSA) is 29.5 Å². The van der Waals surface area contributed by atoms with Crippen LogP contribution in [0.5, 0.6) is 0 Å². The van der Waals surface area contributed by atoms with Gasteiger partial charge in [0.1, 0.15) is 16.7 Å². The van der Waals surface area contributed by atoms with E-state index in [2.05, 4.69) is 163 Å². The van der Waals surface area contributed by atoms with E-state index in [0.717, 1.165) is 72.1 Å². The Morgan fingerprint density at radius 2 is 0.865 bits per heavy atom. The van der Waals surface area contributed by atoms with Crippen molar-refractivity contribution in [1.82, 2.24) is 0 Å². The van der Waals surface area contributed by atoms with Gasteiger partial charge in [-0.15, -0.1) is 11.3 Å². The Bertz CT molecular complexity index is 3130. The number of nitrogens with zero attached hydrogens (tertiary/aromatic N) is 1. The normalized spacial score (nSPS) is 11.8. The summed E-state index contributed by atoms with van der Waals surface area (Å²) in [7, 11) is 0. The Kier molecular flexibility index (Phi) is 6.42. The van der Waals surface area contributed by atoms with E-state index in [1.54, 1.807) is 0 Å². The highest BCUT2D eigenvalue weighted by Crippen LogP contribution is 2.49. The van der Waals surface area contributed by atoms with Gasteiger partial charge in [0, 0.05) is 48.3 Å². The van der Waals surface area contributed by atoms with Gasteiger partial charge in [-0.1, -0.05) is 140 Å². The summed E-state index contributed by atoms with van der Waals surface area (Å²) in [5, 5.41) is 6.97. The molecule has 8 aromatic carbocycles. The summed E-state index contributed by atoms with van der Waals surface area (Å²) in [4.78, 5) is 2.37. The molecular formula is C48H29NO2S. The zero-order valence-corrected chi connectivity index (χ0v) is 28.7. The first-order valence-electron chi connectivity index (χ1n) is 17.5. The molecule has 0 aliphatic carbocycles. The molecule has 0 aliphatic rings. The van der Waals surface area contributed by atoms with Gasteiger partial charge in [0.05, 0.1) is 16.1 Å². The van der Waals surface area contributed by atoms with Crippen LogP contribution in [0.15, 0.2) is 185 Å². The number of rotatable bonds is 5. The first-order valence-corrected chi connectivity index (χ1v) is 18.3. The molecule has 0 N–H and O–H groups in total. The summed E-state index contributed by atoms with van der Waals surface area (Å²) in [6, 6.07) is 62.3. The summed E-state index contributed by atoms with van der Waals surface area (Å²) in [5.41, 5.74) is 11.3. The fourth-order valence-electron chi connectivity index (χ4n) is 7.91. The van der Waals surface area contributed by atoms with Crippen LogP contribution in [0.1, 0.15) is 0 Å². The molecule has 0 spiro atoms. The van der Waals surface area contributed by atoms with Gasteiger partial charge in [-0.05, 0) is 53.1 Å². The molecule has 244 valence electrons. The van der Waals surface area contributed by atoms with Crippen LogP contribution in [0.3, 0.4) is 0 Å². The van der Waals surface area contributed by atoms with Crippen molar-refractivity contribution in [3.63, 3.8) is 0 Å². The number of fused-ring (bicyclic) bond motifs is 9. The number of thiophene rings is 1. The van der Waals surface area contributed by atoms with Crippen molar-refractivity contribution in [3.8, 4) is 22.3 Å². The van der Waals surface area contributed by atoms with Crippen molar-refractivity contribution in [1.29, 1.82) is 0 Å². The van der Waals surface area contributed by atoms with Crippen LogP contribution in [-0.4, -0.2) is 0 Å². The quantitative estimate of drug-likeness (QED) is 0.181. The minimum Gasteiger partial charge on any atom is -0.455 e. The summed E-state index contributed by atoms with van der Waals surface area (Å²) in [6.07, 6.45) is 0. The molecule has 0 radical (unpaired) electrons. The largest absolute Gasteiger partial charge is 0.455 e. The highest BCUT2D eigenvalue weighted by Gasteiger charge is 2.23. The maximum atomic E-state index is 6.67. The smallest absolute Gasteiger partial charge is 0.159 e. The lowest BCUT2D eigenvalue weighted by molar-refractivity contribution is 0.669. The molecule has 0 fully saturated rings. The second-order valence-electron chi connectivity index (χ2n) is 13.2. The fraction of sp³-hybridized carbons (Fsp3) is 0. The van der Waals surface area contributed by atoms with E-state index in [9.17, 15) is 0 Å². The number of para-hydroxylation sites is 4. The molecule has 11 rings (SSSR count). The van der Waals surface area contributed by atoms with Gasteiger partial charge in [0.25, 0.3) is 0 Å². The van der Waals surface area contributed by atoms with Gasteiger partial charge in [-0.25, -0.2) is 0 Å². The molecule has 0 amide bonds. The van der Waals surface area contributed by atoms with E-state index >= 15 is 0 Å². The van der Waals surface area contributed by atoms with Gasteiger partial charge < -0.3 is 13.7 Å². The minimum absolute atomic E-state index is 0.864. The molecule has 52 heavy (non-hydrogen) atoms. The van der Waals surface area contributed by atoms with Crippen molar-refractivity contribution >= 4 is 92.4 Å². The summed E-state index contributed by atoms with van der Waals surface area (Å²) >= 11 is 1.86. The van der Waals surface area contributed by atoms with Crippen LogP contribution < -0.4 is 4.90 Å². The van der Waals surface area contributed by atoms with Crippen molar-refractivity contribution in [2.75, 3.05) is 4.90 Å². The van der Waals surface area contributed by atoms with E-state index in [1.807, 2.05) is 29.5 Å². The Morgan fingerprint density at radius 1 is 0.346 bits per heavy atom. The van der Waals surface area contributed by atoms with E-state index in [1.165, 1.54) is 31.3 Å². The molecule has 0 saturated carbocycles. The van der Waals surface area contributed by atoms with E-state index in [4.69, 9.17) is 8.83 Å². The molecule has 3 nitrogen and oxygen atoms in total. The summed E-state index contributed by atoms with van der Waals surface area (Å²) in [5.74, 6) is 0. The third-order valence-corrected chi connectivity index (χ3v) is 11.6. The third kappa shape index (κ3) is 4.38. The number of hydrogen-bond donors (Lipinski definition) is 0. The van der Waals surface area contributed by atoms with Crippen molar-refractivity contribution in [2.45, 2.75) is 0 Å². The molecule has 4 heteroatoms. The molecule has 0 aliphatic heterocycles. The van der Waals surface area contributed by atoms with Gasteiger partial charge in [-0.3, -0.25) is 0 Å². The molecule has 0 bridgehead atoms. The van der Waals surface area contributed by atoms with Crippen molar-refractivity contribution in [3.05, 3.63) is 176 Å². The monoisotopic (exact) mass is 683 g/mol. The lowest BCUT2D eigenvalue weighted by Crippen LogP contribution is -2.10.